The maximum absolute atomic E-state index is 5.15. The Morgan fingerprint density at radius 3 is 2.00 bits per heavy atom. The van der Waals surface area contributed by atoms with E-state index in [1.807, 2.05) is 0 Å². The van der Waals surface area contributed by atoms with Crippen LogP contribution < -0.4 is 9.47 Å². The molecule has 2 heteroatoms. The van der Waals surface area contributed by atoms with Gasteiger partial charge < -0.3 is 9.47 Å². The summed E-state index contributed by atoms with van der Waals surface area (Å²) in [5, 5.41) is 0. The Balaban J connectivity index is 2.61. The van der Waals surface area contributed by atoms with Gasteiger partial charge in [0.05, 0.1) is 6.07 Å². The number of hydrogen-bond acceptors (Lipinski definition) is 2. The number of hydrogen-bond donors (Lipinski definition) is 0. The Hall–Kier alpha value is -2.06. The van der Waals surface area contributed by atoms with Gasteiger partial charge in [-0.25, -0.2) is 0 Å². The molecule has 0 N–H and O–H groups in total. The Morgan fingerprint density at radius 2 is 1.57 bits per heavy atom. The van der Waals surface area contributed by atoms with Crippen LogP contribution in [-0.4, -0.2) is 13.2 Å². The van der Waals surface area contributed by atoms with Crippen LogP contribution in [0.15, 0.2) is 18.2 Å². The molecule has 0 aliphatic carbocycles. The second kappa shape index (κ2) is 5.56. The molecular formula is C12H9O2. The van der Waals surface area contributed by atoms with Crippen molar-refractivity contribution >= 4 is 0 Å². The summed E-state index contributed by atoms with van der Waals surface area (Å²) in [4.78, 5) is 0. The van der Waals surface area contributed by atoms with E-state index in [1.54, 1.807) is 18.2 Å². The molecule has 14 heavy (non-hydrogen) atoms. The second-order valence-corrected chi connectivity index (χ2v) is 2.36. The highest BCUT2D eigenvalue weighted by Gasteiger charge is 1.96. The first-order chi connectivity index (χ1) is 6.86. The number of benzene rings is 1. The van der Waals surface area contributed by atoms with Gasteiger partial charge in [0.2, 0.25) is 0 Å². The molecule has 0 atom stereocenters. The molecule has 69 valence electrons. The van der Waals surface area contributed by atoms with Gasteiger partial charge in [0.1, 0.15) is 24.7 Å². The Bertz CT molecular complexity index is 335. The fourth-order valence-corrected chi connectivity index (χ4v) is 0.835. The first-order valence-electron chi connectivity index (χ1n) is 4.01. The predicted molar refractivity (Wildman–Crippen MR) is 53.9 cm³/mol. The lowest BCUT2D eigenvalue weighted by molar-refractivity contribution is 0.350. The van der Waals surface area contributed by atoms with Crippen LogP contribution in [0.3, 0.4) is 0 Å². The van der Waals surface area contributed by atoms with Crippen LogP contribution in [0, 0.1) is 30.8 Å². The zero-order valence-electron chi connectivity index (χ0n) is 7.62. The molecule has 0 aliphatic rings. The molecule has 0 saturated carbocycles. The Labute approximate surface area is 83.8 Å². The molecule has 0 amide bonds. The normalized spacial score (nSPS) is 8.43. The maximum atomic E-state index is 5.15. The Kier molecular flexibility index (Phi) is 3.98. The first-order valence-corrected chi connectivity index (χ1v) is 4.01. The van der Waals surface area contributed by atoms with Crippen molar-refractivity contribution in [3.63, 3.8) is 0 Å². The first kappa shape index (κ1) is 10.0. The molecule has 2 nitrogen and oxygen atoms in total. The van der Waals surface area contributed by atoms with Crippen LogP contribution >= 0.6 is 0 Å². The van der Waals surface area contributed by atoms with Crippen LogP contribution in [0.5, 0.6) is 11.5 Å². The van der Waals surface area contributed by atoms with Crippen LogP contribution in [0.4, 0.5) is 0 Å². The van der Waals surface area contributed by atoms with E-state index in [9.17, 15) is 0 Å². The quantitative estimate of drug-likeness (QED) is 0.662. The average Bonchev–Trinajstić information content (AvgIpc) is 2.24. The molecule has 0 fully saturated rings. The van der Waals surface area contributed by atoms with Gasteiger partial charge in [-0.3, -0.25) is 0 Å². The average molecular weight is 185 g/mol. The van der Waals surface area contributed by atoms with Gasteiger partial charge in [-0.15, -0.1) is 12.8 Å². The van der Waals surface area contributed by atoms with Crippen molar-refractivity contribution in [3.8, 4) is 36.2 Å². The number of rotatable bonds is 4. The van der Waals surface area contributed by atoms with Gasteiger partial charge in [0.15, 0.2) is 0 Å². The van der Waals surface area contributed by atoms with Crippen LogP contribution in [0.25, 0.3) is 0 Å². The zero-order chi connectivity index (χ0) is 10.2. The second-order valence-electron chi connectivity index (χ2n) is 2.36. The van der Waals surface area contributed by atoms with Gasteiger partial charge >= 0.3 is 0 Å². The topological polar surface area (TPSA) is 18.5 Å². The monoisotopic (exact) mass is 185 g/mol. The van der Waals surface area contributed by atoms with Crippen LogP contribution in [0.2, 0.25) is 0 Å². The van der Waals surface area contributed by atoms with Crippen LogP contribution in [0.1, 0.15) is 0 Å². The van der Waals surface area contributed by atoms with E-state index in [2.05, 4.69) is 17.9 Å². The predicted octanol–water partition coefficient (Wildman–Crippen LogP) is 1.51. The lowest BCUT2D eigenvalue weighted by Crippen LogP contribution is -1.96. The van der Waals surface area contributed by atoms with Gasteiger partial charge in [-0.05, 0) is 12.1 Å². The fourth-order valence-electron chi connectivity index (χ4n) is 0.835. The fraction of sp³-hybridized carbons (Fsp3) is 0.167. The van der Waals surface area contributed by atoms with Crippen molar-refractivity contribution in [3.05, 3.63) is 24.3 Å². The molecule has 1 aromatic rings. The van der Waals surface area contributed by atoms with Crippen molar-refractivity contribution in [1.29, 1.82) is 0 Å². The molecule has 0 unspecified atom stereocenters. The van der Waals surface area contributed by atoms with E-state index in [0.29, 0.717) is 11.5 Å². The minimum atomic E-state index is 0.217. The molecule has 0 saturated heterocycles. The van der Waals surface area contributed by atoms with E-state index in [4.69, 9.17) is 22.3 Å². The molecule has 0 spiro atoms. The lowest BCUT2D eigenvalue weighted by atomic mass is 10.3. The standard InChI is InChI=1S/C12H9O2/c1-3-8-13-11-6-5-7-12(10-11)14-9-4-2/h1-2,5-7H,8-9H2. The highest BCUT2D eigenvalue weighted by molar-refractivity contribution is 5.31. The third kappa shape index (κ3) is 3.13. The Morgan fingerprint density at radius 1 is 1.07 bits per heavy atom. The van der Waals surface area contributed by atoms with Gasteiger partial charge in [-0.2, -0.15) is 0 Å². The third-order valence-corrected chi connectivity index (χ3v) is 1.36. The minimum Gasteiger partial charge on any atom is -0.480 e. The van der Waals surface area contributed by atoms with Gasteiger partial charge in [-0.1, -0.05) is 17.9 Å². The SMILES string of the molecule is C#CCOc1[c]c(OCC#C)ccc1. The summed E-state index contributed by atoms with van der Waals surface area (Å²) in [6, 6.07) is 8.16. The third-order valence-electron chi connectivity index (χ3n) is 1.36. The van der Waals surface area contributed by atoms with Gasteiger partial charge in [0.25, 0.3) is 0 Å². The zero-order valence-corrected chi connectivity index (χ0v) is 7.62. The van der Waals surface area contributed by atoms with Crippen molar-refractivity contribution in [1.82, 2.24) is 0 Å². The number of ether oxygens (including phenoxy) is 2. The summed E-state index contributed by atoms with van der Waals surface area (Å²) in [6.07, 6.45) is 10.1. The molecule has 1 aromatic carbocycles. The highest BCUT2D eigenvalue weighted by atomic mass is 16.5. The van der Waals surface area contributed by atoms with Crippen molar-refractivity contribution in [2.24, 2.45) is 0 Å². The summed E-state index contributed by atoms with van der Waals surface area (Å²) in [6.45, 7) is 0.435. The summed E-state index contributed by atoms with van der Waals surface area (Å²) < 4.78 is 10.3. The van der Waals surface area contributed by atoms with Crippen molar-refractivity contribution < 1.29 is 9.47 Å². The molecular weight excluding hydrogens is 176 g/mol. The van der Waals surface area contributed by atoms with E-state index in [-0.39, 0.29) is 13.2 Å². The summed E-state index contributed by atoms with van der Waals surface area (Å²) in [7, 11) is 0. The van der Waals surface area contributed by atoms with E-state index < -0.39 is 0 Å². The molecule has 1 radical (unpaired) electrons. The van der Waals surface area contributed by atoms with E-state index in [1.165, 1.54) is 0 Å². The largest absolute Gasteiger partial charge is 0.480 e. The summed E-state index contributed by atoms with van der Waals surface area (Å²) >= 11 is 0. The van der Waals surface area contributed by atoms with Gasteiger partial charge in [0, 0.05) is 0 Å². The van der Waals surface area contributed by atoms with Crippen LogP contribution in [-0.2, 0) is 0 Å². The summed E-state index contributed by atoms with van der Waals surface area (Å²) in [5.74, 6) is 5.83. The number of terminal acetylenes is 2. The maximum Gasteiger partial charge on any atom is 0.148 e. The highest BCUT2D eigenvalue weighted by Crippen LogP contribution is 2.17. The van der Waals surface area contributed by atoms with E-state index in [0.717, 1.165) is 0 Å². The van der Waals surface area contributed by atoms with E-state index >= 15 is 0 Å². The molecule has 0 aliphatic heterocycles. The molecule has 0 heterocycles. The minimum absolute atomic E-state index is 0.217. The molecule has 0 bridgehead atoms. The van der Waals surface area contributed by atoms with Crippen molar-refractivity contribution in [2.45, 2.75) is 0 Å². The lowest BCUT2D eigenvalue weighted by Gasteiger charge is -2.04. The smallest absolute Gasteiger partial charge is 0.148 e. The molecule has 0 aromatic heterocycles. The van der Waals surface area contributed by atoms with Crippen molar-refractivity contribution in [2.75, 3.05) is 13.2 Å². The molecule has 1 rings (SSSR count). The summed E-state index contributed by atoms with van der Waals surface area (Å²) in [5.41, 5.74) is 0.